The quantitative estimate of drug-likeness (QED) is 0.852. The fraction of sp³-hybridized carbons (Fsp3) is 0.350. The van der Waals surface area contributed by atoms with E-state index in [1.165, 1.54) is 6.07 Å². The van der Waals surface area contributed by atoms with Gasteiger partial charge in [-0.2, -0.15) is 0 Å². The van der Waals surface area contributed by atoms with Crippen molar-refractivity contribution in [2.45, 2.75) is 25.3 Å². The van der Waals surface area contributed by atoms with Gasteiger partial charge in [-0.25, -0.2) is 4.39 Å². The number of hydrogen-bond acceptors (Lipinski definition) is 2. The average Bonchev–Trinajstić information content (AvgIpc) is 2.63. The maximum Gasteiger partial charge on any atom is 0.223 e. The summed E-state index contributed by atoms with van der Waals surface area (Å²) in [6.07, 6.45) is 2.25. The molecular formula is C20H24ClFN2O. The highest BCUT2D eigenvalue weighted by atomic mass is 35.5. The van der Waals surface area contributed by atoms with Crippen molar-refractivity contribution < 1.29 is 9.18 Å². The van der Waals surface area contributed by atoms with Crippen LogP contribution in [0, 0.1) is 11.7 Å². The first-order valence-corrected chi connectivity index (χ1v) is 8.53. The van der Waals surface area contributed by atoms with E-state index in [2.05, 4.69) is 10.6 Å². The Hall–Kier alpha value is -1.91. The molecule has 2 aromatic rings. The molecule has 1 atom stereocenters. The Bertz CT molecular complexity index is 674. The zero-order valence-corrected chi connectivity index (χ0v) is 14.9. The lowest BCUT2D eigenvalue weighted by Crippen LogP contribution is -2.40. The highest BCUT2D eigenvalue weighted by Gasteiger charge is 2.25. The van der Waals surface area contributed by atoms with Crippen molar-refractivity contribution in [1.82, 2.24) is 10.6 Å². The molecule has 0 saturated carbocycles. The summed E-state index contributed by atoms with van der Waals surface area (Å²) in [4.78, 5) is 12.6. The zero-order chi connectivity index (χ0) is 16.8. The zero-order valence-electron chi connectivity index (χ0n) is 14.1. The Balaban J connectivity index is 0.00000225. The molecule has 25 heavy (non-hydrogen) atoms. The molecule has 1 amide bonds. The van der Waals surface area contributed by atoms with E-state index < -0.39 is 0 Å². The van der Waals surface area contributed by atoms with Crippen LogP contribution in [0.15, 0.2) is 54.6 Å². The molecule has 3 nitrogen and oxygen atoms in total. The molecule has 0 aromatic heterocycles. The minimum atomic E-state index is -0.351. The summed E-state index contributed by atoms with van der Waals surface area (Å²) in [5.74, 6) is -0.235. The van der Waals surface area contributed by atoms with E-state index in [4.69, 9.17) is 0 Å². The third-order valence-corrected chi connectivity index (χ3v) is 4.59. The van der Waals surface area contributed by atoms with Crippen LogP contribution in [0.2, 0.25) is 0 Å². The predicted octanol–water partition coefficient (Wildman–Crippen LogP) is 3.65. The van der Waals surface area contributed by atoms with Crippen molar-refractivity contribution in [2.75, 3.05) is 13.1 Å². The molecule has 0 spiro atoms. The van der Waals surface area contributed by atoms with E-state index in [9.17, 15) is 9.18 Å². The third kappa shape index (κ3) is 5.28. The summed E-state index contributed by atoms with van der Waals surface area (Å²) in [6, 6.07) is 16.2. The number of carbonyl (C=O) groups excluding carboxylic acids is 1. The largest absolute Gasteiger partial charge is 0.349 e. The van der Waals surface area contributed by atoms with Crippen LogP contribution < -0.4 is 10.6 Å². The van der Waals surface area contributed by atoms with Crippen LogP contribution in [0.3, 0.4) is 0 Å². The Labute approximate surface area is 154 Å². The molecule has 1 saturated heterocycles. The Morgan fingerprint density at radius 3 is 2.40 bits per heavy atom. The van der Waals surface area contributed by atoms with Crippen molar-refractivity contribution in [2.24, 2.45) is 5.92 Å². The van der Waals surface area contributed by atoms with Crippen LogP contribution in [-0.4, -0.2) is 19.0 Å². The van der Waals surface area contributed by atoms with Gasteiger partial charge in [0.1, 0.15) is 5.82 Å². The van der Waals surface area contributed by atoms with Crippen molar-refractivity contribution >= 4 is 18.3 Å². The molecule has 0 bridgehead atoms. The van der Waals surface area contributed by atoms with E-state index in [0.717, 1.165) is 31.5 Å². The van der Waals surface area contributed by atoms with Crippen molar-refractivity contribution in [1.29, 1.82) is 0 Å². The van der Waals surface area contributed by atoms with Gasteiger partial charge in [-0.3, -0.25) is 4.79 Å². The van der Waals surface area contributed by atoms with Crippen LogP contribution in [0.1, 0.15) is 30.0 Å². The second kappa shape index (κ2) is 9.54. The van der Waals surface area contributed by atoms with Crippen molar-refractivity contribution in [3.8, 4) is 0 Å². The molecule has 2 aromatic carbocycles. The van der Waals surface area contributed by atoms with Gasteiger partial charge < -0.3 is 10.6 Å². The molecule has 1 aliphatic heterocycles. The normalized spacial score (nSPS) is 15.9. The summed E-state index contributed by atoms with van der Waals surface area (Å²) >= 11 is 0. The molecule has 134 valence electrons. The number of carbonyl (C=O) groups is 1. The Kier molecular flexibility index (Phi) is 7.41. The fourth-order valence-corrected chi connectivity index (χ4v) is 3.22. The monoisotopic (exact) mass is 362 g/mol. The SMILES string of the molecule is Cl.O=C(NC(Cc1ccccc1)c1ccccc1F)C1CCNCC1. The third-order valence-electron chi connectivity index (χ3n) is 4.59. The van der Waals surface area contributed by atoms with E-state index in [0.29, 0.717) is 12.0 Å². The first kappa shape index (κ1) is 19.4. The molecule has 1 fully saturated rings. The minimum Gasteiger partial charge on any atom is -0.349 e. The highest BCUT2D eigenvalue weighted by Crippen LogP contribution is 2.23. The summed E-state index contributed by atoms with van der Waals surface area (Å²) in [6.45, 7) is 1.72. The van der Waals surface area contributed by atoms with E-state index in [1.807, 2.05) is 36.4 Å². The van der Waals surface area contributed by atoms with E-state index >= 15 is 0 Å². The second-order valence-electron chi connectivity index (χ2n) is 6.30. The molecule has 1 aliphatic rings. The molecule has 5 heteroatoms. The highest BCUT2D eigenvalue weighted by molar-refractivity contribution is 5.85. The number of rotatable bonds is 5. The summed E-state index contributed by atoms with van der Waals surface area (Å²) in [5, 5.41) is 6.35. The summed E-state index contributed by atoms with van der Waals surface area (Å²) in [7, 11) is 0. The molecular weight excluding hydrogens is 339 g/mol. The van der Waals surface area contributed by atoms with Gasteiger partial charge in [-0.1, -0.05) is 48.5 Å². The Morgan fingerprint density at radius 1 is 1.08 bits per heavy atom. The fourth-order valence-electron chi connectivity index (χ4n) is 3.22. The van der Waals surface area contributed by atoms with Gasteiger partial charge in [0.05, 0.1) is 6.04 Å². The summed E-state index contributed by atoms with van der Waals surface area (Å²) < 4.78 is 14.3. The van der Waals surface area contributed by atoms with E-state index in [-0.39, 0.29) is 36.1 Å². The van der Waals surface area contributed by atoms with Gasteiger partial charge in [0.2, 0.25) is 5.91 Å². The maximum atomic E-state index is 14.3. The standard InChI is InChI=1S/C20H23FN2O.ClH/c21-18-9-5-4-8-17(18)19(14-15-6-2-1-3-7-15)23-20(24)16-10-12-22-13-11-16;/h1-9,16,19,22H,10-14H2,(H,23,24);1H. The molecule has 0 radical (unpaired) electrons. The average molecular weight is 363 g/mol. The molecule has 3 rings (SSSR count). The van der Waals surface area contributed by atoms with Gasteiger partial charge in [-0.15, -0.1) is 12.4 Å². The first-order valence-electron chi connectivity index (χ1n) is 8.53. The van der Waals surface area contributed by atoms with Gasteiger partial charge >= 0.3 is 0 Å². The maximum absolute atomic E-state index is 14.3. The number of benzene rings is 2. The topological polar surface area (TPSA) is 41.1 Å². The first-order chi connectivity index (χ1) is 11.7. The van der Waals surface area contributed by atoms with E-state index in [1.54, 1.807) is 12.1 Å². The van der Waals surface area contributed by atoms with Gasteiger partial charge in [-0.05, 0) is 44.0 Å². The number of amides is 1. The van der Waals surface area contributed by atoms with Crippen molar-refractivity contribution in [3.63, 3.8) is 0 Å². The van der Waals surface area contributed by atoms with Crippen LogP contribution in [0.5, 0.6) is 0 Å². The number of nitrogens with one attached hydrogen (secondary N) is 2. The van der Waals surface area contributed by atoms with Crippen molar-refractivity contribution in [3.05, 3.63) is 71.5 Å². The number of hydrogen-bond donors (Lipinski definition) is 2. The van der Waals surface area contributed by atoms with Gasteiger partial charge in [0.15, 0.2) is 0 Å². The lowest BCUT2D eigenvalue weighted by molar-refractivity contribution is -0.126. The van der Waals surface area contributed by atoms with Crippen LogP contribution in [0.4, 0.5) is 4.39 Å². The van der Waals surface area contributed by atoms with Gasteiger partial charge in [0.25, 0.3) is 0 Å². The predicted molar refractivity (Wildman–Crippen MR) is 100 cm³/mol. The lowest BCUT2D eigenvalue weighted by atomic mass is 9.94. The van der Waals surface area contributed by atoms with Crippen LogP contribution in [0.25, 0.3) is 0 Å². The molecule has 1 heterocycles. The smallest absolute Gasteiger partial charge is 0.223 e. The molecule has 1 unspecified atom stereocenters. The van der Waals surface area contributed by atoms with Crippen LogP contribution in [-0.2, 0) is 11.2 Å². The summed E-state index contributed by atoms with van der Waals surface area (Å²) in [5.41, 5.74) is 1.63. The Morgan fingerprint density at radius 2 is 1.72 bits per heavy atom. The second-order valence-corrected chi connectivity index (χ2v) is 6.30. The van der Waals surface area contributed by atoms with Crippen LogP contribution >= 0.6 is 12.4 Å². The number of piperidine rings is 1. The molecule has 0 aliphatic carbocycles. The lowest BCUT2D eigenvalue weighted by Gasteiger charge is -2.26. The number of halogens is 2. The van der Waals surface area contributed by atoms with Gasteiger partial charge in [0, 0.05) is 11.5 Å². The molecule has 2 N–H and O–H groups in total. The minimum absolute atomic E-state index is 0.